The van der Waals surface area contributed by atoms with Crippen LogP contribution in [0.1, 0.15) is 20.3 Å². The summed E-state index contributed by atoms with van der Waals surface area (Å²) in [6, 6.07) is -1.57. The number of hydrogen-bond acceptors (Lipinski definition) is 21. The van der Waals surface area contributed by atoms with Crippen LogP contribution in [0.3, 0.4) is 0 Å². The molecule has 23 heteroatoms. The molecule has 0 spiro atoms. The first-order valence-electron chi connectivity index (χ1n) is 16.5. The molecule has 0 aromatic carbocycles. The Balaban J connectivity index is 1.64. The van der Waals surface area contributed by atoms with Crippen LogP contribution >= 0.6 is 0 Å². The van der Waals surface area contributed by atoms with E-state index in [1.165, 1.54) is 6.92 Å². The molecular formula is C29H49NO22. The Morgan fingerprint density at radius 3 is 2.00 bits per heavy atom. The second-order valence-electron chi connectivity index (χ2n) is 13.2. The molecule has 4 aliphatic heterocycles. The average molecular weight is 764 g/mol. The number of amides is 1. The fraction of sp³-hybridized carbons (Fsp3) is 0.931. The summed E-state index contributed by atoms with van der Waals surface area (Å²) in [5, 5.41) is 138. The standard InChI is InChI=1S/C29H49NO22/c1-8-16(38)19(41)20(42)26(47-8)49-22-12(37)7-46-14(6-33)23(22)50-27-21(43)25(18(40)13(5-32)48-27)52-29(28(44)45)3-10(35)15(30-9(2)34)24(51-29)17(39)11(36)4-31/h8,10-27,31-33,35-43H,3-7H2,1-2H3,(H,30,34)(H,44,45)/t8-,10-,11+,12-,13+,14+,15+,16+,17+,18-,19+,20-,21+,22+,23+,24+,25-,26-,27-,29?/m0/s1. The van der Waals surface area contributed by atoms with Crippen molar-refractivity contribution in [3.63, 3.8) is 0 Å². The number of aliphatic hydroxyl groups excluding tert-OH is 12. The molecule has 4 heterocycles. The van der Waals surface area contributed by atoms with Crippen LogP contribution in [0, 0.1) is 0 Å². The van der Waals surface area contributed by atoms with Crippen molar-refractivity contribution in [3.05, 3.63) is 0 Å². The molecule has 0 radical (unpaired) electrons. The van der Waals surface area contributed by atoms with Gasteiger partial charge >= 0.3 is 5.97 Å². The van der Waals surface area contributed by atoms with Gasteiger partial charge in [-0.1, -0.05) is 0 Å². The van der Waals surface area contributed by atoms with E-state index < -0.39 is 167 Å². The predicted molar refractivity (Wildman–Crippen MR) is 160 cm³/mol. The molecule has 0 aliphatic carbocycles. The van der Waals surface area contributed by atoms with E-state index in [1.807, 2.05) is 0 Å². The number of ether oxygens (including phenoxy) is 7. The summed E-state index contributed by atoms with van der Waals surface area (Å²) in [6.07, 6.45) is -33.2. The van der Waals surface area contributed by atoms with E-state index in [9.17, 15) is 76.0 Å². The fourth-order valence-electron chi connectivity index (χ4n) is 6.54. The number of nitrogens with one attached hydrogen (secondary N) is 1. The third-order valence-corrected chi connectivity index (χ3v) is 9.46. The monoisotopic (exact) mass is 763 g/mol. The number of carbonyl (C=O) groups excluding carboxylic acids is 1. The summed E-state index contributed by atoms with van der Waals surface area (Å²) in [5.74, 6) is -5.82. The molecule has 1 amide bonds. The number of rotatable bonds is 13. The van der Waals surface area contributed by atoms with Gasteiger partial charge in [0.1, 0.15) is 85.5 Å². The Morgan fingerprint density at radius 1 is 0.808 bits per heavy atom. The van der Waals surface area contributed by atoms with E-state index >= 15 is 0 Å². The maximum atomic E-state index is 12.8. The summed E-state index contributed by atoms with van der Waals surface area (Å²) in [5.41, 5.74) is 0. The second kappa shape index (κ2) is 17.8. The van der Waals surface area contributed by atoms with Gasteiger partial charge in [0.15, 0.2) is 12.6 Å². The van der Waals surface area contributed by atoms with Gasteiger partial charge in [-0.05, 0) is 6.92 Å². The van der Waals surface area contributed by atoms with Crippen LogP contribution in [-0.4, -0.2) is 227 Å². The lowest BCUT2D eigenvalue weighted by atomic mass is 9.88. The summed E-state index contributed by atoms with van der Waals surface area (Å²) < 4.78 is 39.3. The molecule has 14 N–H and O–H groups in total. The van der Waals surface area contributed by atoms with E-state index in [1.54, 1.807) is 0 Å². The molecule has 302 valence electrons. The summed E-state index contributed by atoms with van der Waals surface area (Å²) in [7, 11) is 0. The van der Waals surface area contributed by atoms with Crippen LogP contribution in [0.4, 0.5) is 0 Å². The molecule has 0 saturated carbocycles. The van der Waals surface area contributed by atoms with Crippen LogP contribution in [0.15, 0.2) is 0 Å². The molecule has 20 atom stereocenters. The largest absolute Gasteiger partial charge is 0.477 e. The Labute approximate surface area is 295 Å². The van der Waals surface area contributed by atoms with Crippen LogP contribution in [0.25, 0.3) is 0 Å². The minimum absolute atomic E-state index is 0.463. The van der Waals surface area contributed by atoms with Crippen molar-refractivity contribution in [2.24, 2.45) is 0 Å². The molecule has 0 aromatic heterocycles. The van der Waals surface area contributed by atoms with Gasteiger partial charge in [-0.3, -0.25) is 4.79 Å². The summed E-state index contributed by atoms with van der Waals surface area (Å²) >= 11 is 0. The quantitative estimate of drug-likeness (QED) is 0.0828. The zero-order chi connectivity index (χ0) is 38.8. The van der Waals surface area contributed by atoms with Crippen LogP contribution in [0.2, 0.25) is 0 Å². The first kappa shape index (κ1) is 42.9. The smallest absolute Gasteiger partial charge is 0.364 e. The van der Waals surface area contributed by atoms with Gasteiger partial charge in [0.25, 0.3) is 5.79 Å². The summed E-state index contributed by atoms with van der Waals surface area (Å²) in [4.78, 5) is 24.6. The van der Waals surface area contributed by atoms with Crippen molar-refractivity contribution < 1.29 is 109 Å². The number of aliphatic carboxylic acids is 1. The minimum Gasteiger partial charge on any atom is -0.477 e. The first-order chi connectivity index (χ1) is 24.4. The van der Waals surface area contributed by atoms with Crippen molar-refractivity contribution in [2.45, 2.75) is 142 Å². The zero-order valence-corrected chi connectivity index (χ0v) is 28.0. The Kier molecular flexibility index (Phi) is 14.7. The molecule has 4 saturated heterocycles. The van der Waals surface area contributed by atoms with E-state index in [4.69, 9.17) is 33.2 Å². The van der Waals surface area contributed by atoms with E-state index in [0.717, 1.165) is 6.92 Å². The molecule has 1 unspecified atom stereocenters. The van der Waals surface area contributed by atoms with Crippen molar-refractivity contribution >= 4 is 11.9 Å². The highest BCUT2D eigenvalue weighted by Crippen LogP contribution is 2.38. The Hall–Kier alpha value is -1.82. The average Bonchev–Trinajstić information content (AvgIpc) is 3.10. The molecular weight excluding hydrogens is 714 g/mol. The van der Waals surface area contributed by atoms with E-state index in [0.29, 0.717) is 0 Å². The van der Waals surface area contributed by atoms with Crippen molar-refractivity contribution in [3.8, 4) is 0 Å². The number of hydrogen-bond donors (Lipinski definition) is 14. The lowest BCUT2D eigenvalue weighted by molar-refractivity contribution is -0.386. The zero-order valence-electron chi connectivity index (χ0n) is 28.0. The lowest BCUT2D eigenvalue weighted by Crippen LogP contribution is -2.70. The van der Waals surface area contributed by atoms with Crippen molar-refractivity contribution in [2.75, 3.05) is 26.4 Å². The van der Waals surface area contributed by atoms with Crippen molar-refractivity contribution in [1.82, 2.24) is 5.32 Å². The maximum Gasteiger partial charge on any atom is 0.364 e. The highest BCUT2D eigenvalue weighted by Gasteiger charge is 2.60. The van der Waals surface area contributed by atoms with Gasteiger partial charge in [0.05, 0.1) is 44.7 Å². The van der Waals surface area contributed by atoms with Gasteiger partial charge < -0.3 is 105 Å². The highest BCUT2D eigenvalue weighted by atomic mass is 16.8. The van der Waals surface area contributed by atoms with Gasteiger partial charge in [-0.25, -0.2) is 4.79 Å². The maximum absolute atomic E-state index is 12.8. The van der Waals surface area contributed by atoms with Gasteiger partial charge in [0, 0.05) is 13.3 Å². The molecule has 4 rings (SSSR count). The fourth-order valence-corrected chi connectivity index (χ4v) is 6.54. The molecule has 23 nitrogen and oxygen atoms in total. The molecule has 4 fully saturated rings. The molecule has 52 heavy (non-hydrogen) atoms. The van der Waals surface area contributed by atoms with E-state index in [2.05, 4.69) is 5.32 Å². The molecule has 4 aliphatic rings. The highest BCUT2D eigenvalue weighted by molar-refractivity contribution is 5.76. The third-order valence-electron chi connectivity index (χ3n) is 9.46. The van der Waals surface area contributed by atoms with Gasteiger partial charge in [-0.2, -0.15) is 0 Å². The topological polar surface area (TPSA) is 374 Å². The van der Waals surface area contributed by atoms with E-state index in [-0.39, 0.29) is 0 Å². The van der Waals surface area contributed by atoms with Crippen LogP contribution in [-0.2, 0) is 42.7 Å². The Morgan fingerprint density at radius 2 is 1.42 bits per heavy atom. The Bertz CT molecular complexity index is 1190. The first-order valence-corrected chi connectivity index (χ1v) is 16.5. The minimum atomic E-state index is -3.07. The molecule has 0 aromatic rings. The number of carboxylic acid groups (broad SMARTS) is 1. The van der Waals surface area contributed by atoms with Gasteiger partial charge in [0.2, 0.25) is 5.91 Å². The second-order valence-corrected chi connectivity index (χ2v) is 13.2. The van der Waals surface area contributed by atoms with Crippen molar-refractivity contribution in [1.29, 1.82) is 0 Å². The van der Waals surface area contributed by atoms with Crippen LogP contribution in [0.5, 0.6) is 0 Å². The normalized spacial score (nSPS) is 47.0. The van der Waals surface area contributed by atoms with Gasteiger partial charge in [-0.15, -0.1) is 0 Å². The summed E-state index contributed by atoms with van der Waals surface area (Å²) in [6.45, 7) is -0.931. The number of carboxylic acids is 1. The number of aliphatic hydroxyl groups is 12. The lowest BCUT2D eigenvalue weighted by Gasteiger charge is -2.50. The SMILES string of the molecule is CC(=O)N[C@H]1[C@H]([C@H](O)[C@H](O)CO)OC(O[C@H]2[C@@H](O)[C@@H](CO)O[C@@H](O[C@H]3[C@H](O[C@@H]4O[C@@H](C)[C@@H](O)[C@@H](O)[C@@H]4O)[C@@H](O)CO[C@@H]3CO)[C@@H]2O)(C(=O)O)C[C@@H]1O. The number of carbonyl (C=O) groups is 2. The van der Waals surface area contributed by atoms with Crippen LogP contribution < -0.4 is 5.32 Å². The molecule has 0 bridgehead atoms. The predicted octanol–water partition coefficient (Wildman–Crippen LogP) is -8.69. The third kappa shape index (κ3) is 8.83.